The molecule has 0 fully saturated rings. The van der Waals surface area contributed by atoms with Gasteiger partial charge in [0.25, 0.3) is 0 Å². The second-order valence-corrected chi connectivity index (χ2v) is 6.50. The van der Waals surface area contributed by atoms with Crippen molar-refractivity contribution in [2.24, 2.45) is 0 Å². The first kappa shape index (κ1) is 20.5. The molecule has 0 atom stereocenters. The number of aromatic nitrogens is 2. The summed E-state index contributed by atoms with van der Waals surface area (Å²) < 4.78 is 39.7. The highest BCUT2D eigenvalue weighted by molar-refractivity contribution is 7.80. The molecule has 1 aromatic heterocycles. The number of anilines is 1. The monoisotopic (exact) mass is 404 g/mol. The number of rotatable bonds is 6. The van der Waals surface area contributed by atoms with E-state index in [0.29, 0.717) is 30.3 Å². The van der Waals surface area contributed by atoms with Crippen molar-refractivity contribution < 1.29 is 13.2 Å². The number of aryl methyl sites for hydroxylation is 2. The Hall–Kier alpha value is -1.80. The first-order valence-corrected chi connectivity index (χ1v) is 8.95. The Morgan fingerprint density at radius 1 is 1.31 bits per heavy atom. The van der Waals surface area contributed by atoms with E-state index in [2.05, 4.69) is 22.7 Å². The molecule has 1 heterocycles. The number of nitrogens with zero attached hydrogens (tertiary/aromatic N) is 2. The van der Waals surface area contributed by atoms with E-state index in [1.54, 1.807) is 0 Å². The van der Waals surface area contributed by atoms with E-state index in [1.165, 1.54) is 11.6 Å². The van der Waals surface area contributed by atoms with Crippen LogP contribution < -0.4 is 10.6 Å². The van der Waals surface area contributed by atoms with Crippen LogP contribution >= 0.6 is 23.8 Å². The van der Waals surface area contributed by atoms with Crippen LogP contribution in [0.2, 0.25) is 5.02 Å². The van der Waals surface area contributed by atoms with Crippen molar-refractivity contribution in [1.29, 1.82) is 0 Å². The quantitative estimate of drug-likeness (QED) is 0.536. The normalized spacial score (nSPS) is 11.5. The highest BCUT2D eigenvalue weighted by Crippen LogP contribution is 2.35. The topological polar surface area (TPSA) is 41.9 Å². The maximum Gasteiger partial charge on any atom is 0.436 e. The molecule has 0 unspecified atom stereocenters. The van der Waals surface area contributed by atoms with Crippen LogP contribution in [0.15, 0.2) is 24.3 Å². The zero-order valence-corrected chi connectivity index (χ0v) is 16.0. The molecule has 0 saturated heterocycles. The average molecular weight is 405 g/mol. The van der Waals surface area contributed by atoms with Crippen LogP contribution in [-0.2, 0) is 19.1 Å². The number of nitrogens with one attached hydrogen (secondary N) is 2. The molecule has 1 aromatic carbocycles. The molecule has 9 heteroatoms. The van der Waals surface area contributed by atoms with E-state index in [0.717, 1.165) is 17.7 Å². The number of benzene rings is 1. The third-order valence-corrected chi connectivity index (χ3v) is 4.58. The van der Waals surface area contributed by atoms with Gasteiger partial charge in [-0.05, 0) is 43.6 Å². The fraction of sp³-hybridized carbons (Fsp3) is 0.412. The molecule has 26 heavy (non-hydrogen) atoms. The molecule has 2 N–H and O–H groups in total. The van der Waals surface area contributed by atoms with Crippen molar-refractivity contribution in [3.8, 4) is 0 Å². The van der Waals surface area contributed by atoms with Gasteiger partial charge in [0, 0.05) is 18.8 Å². The van der Waals surface area contributed by atoms with Gasteiger partial charge in [0.2, 0.25) is 0 Å². The van der Waals surface area contributed by atoms with E-state index in [1.807, 2.05) is 24.3 Å². The van der Waals surface area contributed by atoms with Crippen LogP contribution in [-0.4, -0.2) is 21.4 Å². The SMILES string of the molecule is CCc1ccccc1NC(=S)NCCCn1nc(C(F)(F)F)c(Cl)c1C. The van der Waals surface area contributed by atoms with Crippen molar-refractivity contribution in [2.75, 3.05) is 11.9 Å². The highest BCUT2D eigenvalue weighted by atomic mass is 35.5. The molecule has 0 radical (unpaired) electrons. The Labute approximate surface area is 160 Å². The molecule has 4 nitrogen and oxygen atoms in total. The molecule has 0 amide bonds. The maximum atomic E-state index is 12.8. The summed E-state index contributed by atoms with van der Waals surface area (Å²) in [5, 5.41) is 9.87. The molecular formula is C17H20ClF3N4S. The molecule has 0 aliphatic rings. The zero-order chi connectivity index (χ0) is 19.3. The predicted molar refractivity (Wildman–Crippen MR) is 102 cm³/mol. The summed E-state index contributed by atoms with van der Waals surface area (Å²) in [4.78, 5) is 0. The van der Waals surface area contributed by atoms with E-state index in [9.17, 15) is 13.2 Å². The van der Waals surface area contributed by atoms with Crippen LogP contribution in [0, 0.1) is 6.92 Å². The van der Waals surface area contributed by atoms with Gasteiger partial charge in [-0.1, -0.05) is 36.7 Å². The van der Waals surface area contributed by atoms with Crippen molar-refractivity contribution in [3.05, 3.63) is 46.2 Å². The summed E-state index contributed by atoms with van der Waals surface area (Å²) in [6.07, 6.45) is -3.12. The van der Waals surface area contributed by atoms with Gasteiger partial charge in [-0.15, -0.1) is 0 Å². The van der Waals surface area contributed by atoms with E-state index >= 15 is 0 Å². The lowest BCUT2D eigenvalue weighted by Crippen LogP contribution is -2.30. The van der Waals surface area contributed by atoms with Gasteiger partial charge in [-0.2, -0.15) is 18.3 Å². The summed E-state index contributed by atoms with van der Waals surface area (Å²) in [6.45, 7) is 4.39. The van der Waals surface area contributed by atoms with Gasteiger partial charge in [-0.25, -0.2) is 0 Å². The summed E-state index contributed by atoms with van der Waals surface area (Å²) in [5.74, 6) is 0. The lowest BCUT2D eigenvalue weighted by molar-refractivity contribution is -0.141. The summed E-state index contributed by atoms with van der Waals surface area (Å²) in [7, 11) is 0. The Bertz CT molecular complexity index is 774. The van der Waals surface area contributed by atoms with Gasteiger partial charge < -0.3 is 10.6 Å². The number of para-hydroxylation sites is 1. The van der Waals surface area contributed by atoms with E-state index in [4.69, 9.17) is 23.8 Å². The second-order valence-electron chi connectivity index (χ2n) is 5.71. The van der Waals surface area contributed by atoms with Gasteiger partial charge >= 0.3 is 6.18 Å². The van der Waals surface area contributed by atoms with Crippen molar-refractivity contribution >= 4 is 34.6 Å². The zero-order valence-electron chi connectivity index (χ0n) is 14.5. The predicted octanol–water partition coefficient (Wildman–Crippen LogP) is 4.80. The Morgan fingerprint density at radius 2 is 2.00 bits per heavy atom. The van der Waals surface area contributed by atoms with Crippen molar-refractivity contribution in [3.63, 3.8) is 0 Å². The summed E-state index contributed by atoms with van der Waals surface area (Å²) >= 11 is 11.0. The van der Waals surface area contributed by atoms with Crippen molar-refractivity contribution in [1.82, 2.24) is 15.1 Å². The molecule has 142 valence electrons. The number of hydrogen-bond donors (Lipinski definition) is 2. The molecule has 0 spiro atoms. The average Bonchev–Trinajstić information content (AvgIpc) is 2.87. The smallest absolute Gasteiger partial charge is 0.362 e. The van der Waals surface area contributed by atoms with Crippen LogP contribution in [0.3, 0.4) is 0 Å². The fourth-order valence-corrected chi connectivity index (χ4v) is 2.93. The van der Waals surface area contributed by atoms with Crippen LogP contribution in [0.4, 0.5) is 18.9 Å². The minimum atomic E-state index is -4.55. The first-order valence-electron chi connectivity index (χ1n) is 8.17. The molecular weight excluding hydrogens is 385 g/mol. The summed E-state index contributed by atoms with van der Waals surface area (Å²) in [6, 6.07) is 7.85. The van der Waals surface area contributed by atoms with Crippen molar-refractivity contribution in [2.45, 2.75) is 39.4 Å². The molecule has 0 aliphatic heterocycles. The van der Waals surface area contributed by atoms with E-state index < -0.39 is 11.9 Å². The van der Waals surface area contributed by atoms with Crippen LogP contribution in [0.5, 0.6) is 0 Å². The van der Waals surface area contributed by atoms with Gasteiger partial charge in [0.15, 0.2) is 10.8 Å². The Kier molecular flexibility index (Phi) is 6.88. The molecule has 0 saturated carbocycles. The molecule has 2 rings (SSSR count). The minimum absolute atomic E-state index is 0.302. The number of alkyl halides is 3. The Balaban J connectivity index is 1.85. The minimum Gasteiger partial charge on any atom is -0.362 e. The van der Waals surface area contributed by atoms with Crippen LogP contribution in [0.1, 0.15) is 30.3 Å². The fourth-order valence-electron chi connectivity index (χ4n) is 2.47. The Morgan fingerprint density at radius 3 is 2.62 bits per heavy atom. The maximum absolute atomic E-state index is 12.8. The standard InChI is InChI=1S/C17H20ClF3N4S/c1-3-12-7-4-5-8-13(12)23-16(26)22-9-6-10-25-11(2)14(18)15(24-25)17(19,20)21/h4-5,7-8H,3,6,9-10H2,1-2H3,(H2,22,23,26). The first-order chi connectivity index (χ1) is 12.2. The largest absolute Gasteiger partial charge is 0.436 e. The third-order valence-electron chi connectivity index (χ3n) is 3.88. The third kappa shape index (κ3) is 5.11. The molecule has 0 aliphatic carbocycles. The highest BCUT2D eigenvalue weighted by Gasteiger charge is 2.38. The van der Waals surface area contributed by atoms with Gasteiger partial charge in [0.05, 0.1) is 10.7 Å². The lowest BCUT2D eigenvalue weighted by Gasteiger charge is -2.13. The van der Waals surface area contributed by atoms with Gasteiger partial charge in [-0.3, -0.25) is 4.68 Å². The molecule has 0 bridgehead atoms. The lowest BCUT2D eigenvalue weighted by atomic mass is 10.1. The van der Waals surface area contributed by atoms with Crippen LogP contribution in [0.25, 0.3) is 0 Å². The number of hydrogen-bond acceptors (Lipinski definition) is 2. The molecule has 2 aromatic rings. The van der Waals surface area contributed by atoms with Gasteiger partial charge in [0.1, 0.15) is 0 Å². The number of halogens is 4. The summed E-state index contributed by atoms with van der Waals surface area (Å²) in [5.41, 5.74) is 1.35. The number of thiocarbonyl (C=S) groups is 1. The second kappa shape index (κ2) is 8.73. The van der Waals surface area contributed by atoms with E-state index in [-0.39, 0.29) is 5.02 Å².